The van der Waals surface area contributed by atoms with Crippen molar-refractivity contribution in [3.05, 3.63) is 83.7 Å². The molecule has 1 aliphatic heterocycles. The van der Waals surface area contributed by atoms with E-state index in [4.69, 9.17) is 0 Å². The summed E-state index contributed by atoms with van der Waals surface area (Å²) in [7, 11) is -4.35. The summed E-state index contributed by atoms with van der Waals surface area (Å²) in [5.74, 6) is -0.256. The lowest BCUT2D eigenvalue weighted by Crippen LogP contribution is -2.50. The molecule has 0 aliphatic carbocycles. The van der Waals surface area contributed by atoms with E-state index in [0.717, 1.165) is 28.1 Å². The normalized spacial score (nSPS) is 15.5. The topological polar surface area (TPSA) is 75.5 Å². The first kappa shape index (κ1) is 23.0. The van der Waals surface area contributed by atoms with Gasteiger partial charge in [-0.3, -0.25) is 9.48 Å². The Labute approximate surface area is 189 Å². The number of rotatable bonds is 5. The van der Waals surface area contributed by atoms with Crippen LogP contribution in [-0.2, 0) is 22.7 Å². The second-order valence-corrected chi connectivity index (χ2v) is 9.50. The lowest BCUT2D eigenvalue weighted by Gasteiger charge is -2.34. The maximum atomic E-state index is 13.3. The number of hydrogen-bond acceptors (Lipinski definition) is 4. The summed E-state index contributed by atoms with van der Waals surface area (Å²) >= 11 is 0. The third kappa shape index (κ3) is 4.93. The molecule has 1 fully saturated rings. The first-order chi connectivity index (χ1) is 15.7. The third-order valence-electron chi connectivity index (χ3n) is 5.44. The molecule has 1 aromatic heterocycles. The SMILES string of the molecule is O=C(c1ccc(Cn2cccn2)cc1)N1CCN(S(=O)(=O)c2ccccc2C(F)(F)F)CC1. The Bertz CT molecular complexity index is 1220. The number of carbonyl (C=O) groups is 1. The summed E-state index contributed by atoms with van der Waals surface area (Å²) in [6, 6.07) is 13.0. The summed E-state index contributed by atoms with van der Waals surface area (Å²) in [5, 5.41) is 4.14. The van der Waals surface area contributed by atoms with Crippen molar-refractivity contribution in [2.45, 2.75) is 17.6 Å². The van der Waals surface area contributed by atoms with E-state index in [1.54, 1.807) is 23.0 Å². The highest BCUT2D eigenvalue weighted by Gasteiger charge is 2.39. The van der Waals surface area contributed by atoms with Gasteiger partial charge in [0.15, 0.2) is 0 Å². The van der Waals surface area contributed by atoms with Crippen LogP contribution in [0.4, 0.5) is 13.2 Å². The Kier molecular flexibility index (Phi) is 6.26. The van der Waals surface area contributed by atoms with E-state index in [1.165, 1.54) is 11.0 Å². The van der Waals surface area contributed by atoms with E-state index < -0.39 is 26.7 Å². The van der Waals surface area contributed by atoms with Crippen LogP contribution < -0.4 is 0 Å². The summed E-state index contributed by atoms with van der Waals surface area (Å²) < 4.78 is 68.4. The maximum Gasteiger partial charge on any atom is 0.417 e. The fourth-order valence-electron chi connectivity index (χ4n) is 3.71. The molecule has 3 aromatic rings. The van der Waals surface area contributed by atoms with Crippen LogP contribution in [0.5, 0.6) is 0 Å². The summed E-state index contributed by atoms with van der Waals surface area (Å²) in [4.78, 5) is 13.6. The van der Waals surface area contributed by atoms with E-state index in [9.17, 15) is 26.4 Å². The molecule has 33 heavy (non-hydrogen) atoms. The number of nitrogens with zero attached hydrogens (tertiary/aromatic N) is 4. The van der Waals surface area contributed by atoms with Crippen molar-refractivity contribution in [3.8, 4) is 0 Å². The van der Waals surface area contributed by atoms with Gasteiger partial charge >= 0.3 is 6.18 Å². The second-order valence-electron chi connectivity index (χ2n) is 7.59. The first-order valence-corrected chi connectivity index (χ1v) is 11.6. The van der Waals surface area contributed by atoms with Gasteiger partial charge in [0.2, 0.25) is 10.0 Å². The minimum atomic E-state index is -4.79. The van der Waals surface area contributed by atoms with Gasteiger partial charge < -0.3 is 4.90 Å². The highest BCUT2D eigenvalue weighted by atomic mass is 32.2. The van der Waals surface area contributed by atoms with E-state index in [-0.39, 0.29) is 32.1 Å². The Balaban J connectivity index is 1.42. The number of alkyl halides is 3. The molecule has 2 aromatic carbocycles. The molecule has 0 saturated carbocycles. The van der Waals surface area contributed by atoms with E-state index in [0.29, 0.717) is 12.1 Å². The molecule has 11 heteroatoms. The molecule has 4 rings (SSSR count). The Morgan fingerprint density at radius 1 is 0.939 bits per heavy atom. The number of amides is 1. The zero-order valence-electron chi connectivity index (χ0n) is 17.4. The van der Waals surface area contributed by atoms with Crippen molar-refractivity contribution < 1.29 is 26.4 Å². The van der Waals surface area contributed by atoms with E-state index >= 15 is 0 Å². The molecule has 1 saturated heterocycles. The number of aromatic nitrogens is 2. The van der Waals surface area contributed by atoms with Gasteiger partial charge in [-0.2, -0.15) is 22.6 Å². The minimum Gasteiger partial charge on any atom is -0.336 e. The highest BCUT2D eigenvalue weighted by molar-refractivity contribution is 7.89. The number of benzene rings is 2. The van der Waals surface area contributed by atoms with Crippen LogP contribution in [0.2, 0.25) is 0 Å². The van der Waals surface area contributed by atoms with Gasteiger partial charge in [-0.1, -0.05) is 24.3 Å². The molecule has 0 unspecified atom stereocenters. The van der Waals surface area contributed by atoms with Gasteiger partial charge in [-0.15, -0.1) is 0 Å². The first-order valence-electron chi connectivity index (χ1n) is 10.2. The van der Waals surface area contributed by atoms with Gasteiger partial charge in [-0.25, -0.2) is 8.42 Å². The zero-order chi connectivity index (χ0) is 23.6. The molecule has 1 aliphatic rings. The molecular formula is C22H21F3N4O3S. The van der Waals surface area contributed by atoms with Crippen molar-refractivity contribution in [1.29, 1.82) is 0 Å². The number of sulfonamides is 1. The second kappa shape index (κ2) is 8.99. The monoisotopic (exact) mass is 478 g/mol. The van der Waals surface area contributed by atoms with Gasteiger partial charge in [0, 0.05) is 44.1 Å². The van der Waals surface area contributed by atoms with Crippen LogP contribution in [0.1, 0.15) is 21.5 Å². The van der Waals surface area contributed by atoms with Crippen molar-refractivity contribution >= 4 is 15.9 Å². The number of piperazine rings is 1. The zero-order valence-corrected chi connectivity index (χ0v) is 18.3. The summed E-state index contributed by atoms with van der Waals surface area (Å²) in [6.07, 6.45) is -1.27. The summed E-state index contributed by atoms with van der Waals surface area (Å²) in [5.41, 5.74) is 0.228. The van der Waals surface area contributed by atoms with Crippen LogP contribution in [0.3, 0.4) is 0 Å². The molecule has 0 N–H and O–H groups in total. The van der Waals surface area contributed by atoms with Gasteiger partial charge in [0.05, 0.1) is 17.0 Å². The predicted octanol–water partition coefficient (Wildman–Crippen LogP) is 3.10. The van der Waals surface area contributed by atoms with Gasteiger partial charge in [-0.05, 0) is 35.9 Å². The molecular weight excluding hydrogens is 457 g/mol. The number of hydrogen-bond donors (Lipinski definition) is 0. The van der Waals surface area contributed by atoms with E-state index in [2.05, 4.69) is 5.10 Å². The third-order valence-corrected chi connectivity index (χ3v) is 7.40. The molecule has 7 nitrogen and oxygen atoms in total. The molecule has 0 spiro atoms. The maximum absolute atomic E-state index is 13.3. The van der Waals surface area contributed by atoms with Crippen molar-refractivity contribution in [1.82, 2.24) is 19.0 Å². The average Bonchev–Trinajstić information content (AvgIpc) is 3.32. The van der Waals surface area contributed by atoms with Crippen LogP contribution in [0.25, 0.3) is 0 Å². The largest absolute Gasteiger partial charge is 0.417 e. The van der Waals surface area contributed by atoms with Crippen LogP contribution in [-0.4, -0.2) is 59.5 Å². The number of halogens is 3. The van der Waals surface area contributed by atoms with Crippen molar-refractivity contribution in [2.75, 3.05) is 26.2 Å². The van der Waals surface area contributed by atoms with Crippen molar-refractivity contribution in [3.63, 3.8) is 0 Å². The Hall–Kier alpha value is -3.18. The average molecular weight is 478 g/mol. The fourth-order valence-corrected chi connectivity index (χ4v) is 5.35. The Morgan fingerprint density at radius 3 is 2.21 bits per heavy atom. The predicted molar refractivity (Wildman–Crippen MR) is 114 cm³/mol. The lowest BCUT2D eigenvalue weighted by molar-refractivity contribution is -0.139. The fraction of sp³-hybridized carbons (Fsp3) is 0.273. The van der Waals surface area contributed by atoms with Gasteiger partial charge in [0.1, 0.15) is 0 Å². The number of carbonyl (C=O) groups excluding carboxylic acids is 1. The lowest BCUT2D eigenvalue weighted by atomic mass is 10.1. The standard InChI is InChI=1S/C22H21F3N4O3S/c23-22(24,25)19-4-1-2-5-20(19)33(31,32)29-14-12-27(13-15-29)21(30)18-8-6-17(7-9-18)16-28-11-3-10-26-28/h1-11H,12-16H2. The minimum absolute atomic E-state index is 0.0846. The smallest absolute Gasteiger partial charge is 0.336 e. The Morgan fingerprint density at radius 2 is 1.61 bits per heavy atom. The van der Waals surface area contributed by atoms with Gasteiger partial charge in [0.25, 0.3) is 5.91 Å². The quantitative estimate of drug-likeness (QED) is 0.565. The molecule has 1 amide bonds. The molecule has 0 bridgehead atoms. The van der Waals surface area contributed by atoms with Crippen LogP contribution in [0.15, 0.2) is 71.9 Å². The van der Waals surface area contributed by atoms with Crippen LogP contribution >= 0.6 is 0 Å². The van der Waals surface area contributed by atoms with E-state index in [1.807, 2.05) is 24.4 Å². The van der Waals surface area contributed by atoms with Crippen LogP contribution in [0, 0.1) is 0 Å². The summed E-state index contributed by atoms with van der Waals surface area (Å²) in [6.45, 7) is 0.565. The molecule has 174 valence electrons. The van der Waals surface area contributed by atoms with Crippen molar-refractivity contribution in [2.24, 2.45) is 0 Å². The molecule has 0 radical (unpaired) electrons. The highest BCUT2D eigenvalue weighted by Crippen LogP contribution is 2.35. The molecule has 2 heterocycles. The molecule has 0 atom stereocenters.